The van der Waals surface area contributed by atoms with E-state index in [1.807, 2.05) is 6.92 Å². The Labute approximate surface area is 62.6 Å². The average molecular weight is 154 g/mol. The third kappa shape index (κ3) is 1.32. The fraction of sp³-hybridized carbons (Fsp3) is 0.333. The molecule has 1 aromatic heterocycles. The molecule has 0 aliphatic rings. The fourth-order valence-electron chi connectivity index (χ4n) is 0.553. The lowest BCUT2D eigenvalue weighted by atomic mass is 10.4. The van der Waals surface area contributed by atoms with Crippen molar-refractivity contribution in [3.8, 4) is 6.07 Å². The van der Waals surface area contributed by atoms with Crippen molar-refractivity contribution in [2.45, 2.75) is 13.0 Å². The van der Waals surface area contributed by atoms with Gasteiger partial charge in [-0.3, -0.25) is 0 Å². The molecule has 0 saturated carbocycles. The average Bonchev–Trinajstić information content (AvgIpc) is 2.34. The van der Waals surface area contributed by atoms with Gasteiger partial charge in [0.15, 0.2) is 6.10 Å². The predicted octanol–water partition coefficient (Wildman–Crippen LogP) is 1.01. The van der Waals surface area contributed by atoms with E-state index in [4.69, 9.17) is 10.4 Å². The maximum absolute atomic E-state index is 8.93. The molecule has 1 unspecified atom stereocenters. The van der Waals surface area contributed by atoms with E-state index in [1.54, 1.807) is 11.4 Å². The first-order chi connectivity index (χ1) is 4.74. The second-order valence-electron chi connectivity index (χ2n) is 1.86. The Morgan fingerprint density at radius 2 is 2.60 bits per heavy atom. The van der Waals surface area contributed by atoms with E-state index in [0.29, 0.717) is 5.01 Å². The van der Waals surface area contributed by atoms with Gasteiger partial charge in [-0.2, -0.15) is 5.26 Å². The third-order valence-corrected chi connectivity index (χ3v) is 2.01. The molecule has 1 aromatic rings. The lowest BCUT2D eigenvalue weighted by Gasteiger charge is -1.91. The zero-order chi connectivity index (χ0) is 7.56. The van der Waals surface area contributed by atoms with Crippen LogP contribution in [-0.2, 0) is 0 Å². The van der Waals surface area contributed by atoms with Crippen LogP contribution in [0.15, 0.2) is 5.38 Å². The predicted molar refractivity (Wildman–Crippen MR) is 37.4 cm³/mol. The summed E-state index contributed by atoms with van der Waals surface area (Å²) < 4.78 is 0. The number of hydrogen-bond acceptors (Lipinski definition) is 4. The minimum absolute atomic E-state index is 0.472. The standard InChI is InChI=1S/C6H6N2OS/c1-4-3-10-6(8-4)5(9)2-7/h3,5,9H,1H3. The largest absolute Gasteiger partial charge is 0.372 e. The number of rotatable bonds is 1. The molecule has 4 heteroatoms. The molecule has 10 heavy (non-hydrogen) atoms. The molecular weight excluding hydrogens is 148 g/mol. The monoisotopic (exact) mass is 154 g/mol. The minimum Gasteiger partial charge on any atom is -0.372 e. The maximum atomic E-state index is 8.93. The highest BCUT2D eigenvalue weighted by Crippen LogP contribution is 2.16. The van der Waals surface area contributed by atoms with Crippen LogP contribution in [0, 0.1) is 18.3 Å². The van der Waals surface area contributed by atoms with Gasteiger partial charge in [0.2, 0.25) is 0 Å². The second kappa shape index (κ2) is 2.78. The highest BCUT2D eigenvalue weighted by molar-refractivity contribution is 7.09. The molecule has 52 valence electrons. The van der Waals surface area contributed by atoms with Crippen molar-refractivity contribution >= 4 is 11.3 Å². The molecule has 0 aromatic carbocycles. The topological polar surface area (TPSA) is 56.9 Å². The Morgan fingerprint density at radius 3 is 3.00 bits per heavy atom. The van der Waals surface area contributed by atoms with Gasteiger partial charge in [0.25, 0.3) is 0 Å². The summed E-state index contributed by atoms with van der Waals surface area (Å²) in [6.07, 6.45) is -1.06. The molecule has 0 aliphatic heterocycles. The van der Waals surface area contributed by atoms with Gasteiger partial charge >= 0.3 is 0 Å². The molecule has 1 rings (SSSR count). The number of aryl methyl sites for hydroxylation is 1. The van der Waals surface area contributed by atoms with E-state index in [-0.39, 0.29) is 0 Å². The first kappa shape index (κ1) is 7.19. The van der Waals surface area contributed by atoms with Crippen LogP contribution in [0.5, 0.6) is 0 Å². The van der Waals surface area contributed by atoms with Crippen molar-refractivity contribution < 1.29 is 5.11 Å². The summed E-state index contributed by atoms with van der Waals surface area (Å²) >= 11 is 1.30. The fourth-order valence-corrected chi connectivity index (χ4v) is 1.28. The molecule has 0 saturated heterocycles. The summed E-state index contributed by atoms with van der Waals surface area (Å²) in [7, 11) is 0. The molecule has 0 amide bonds. The normalized spacial score (nSPS) is 12.5. The van der Waals surface area contributed by atoms with E-state index in [9.17, 15) is 0 Å². The lowest BCUT2D eigenvalue weighted by molar-refractivity contribution is 0.235. The molecular formula is C6H6N2OS. The first-order valence-electron chi connectivity index (χ1n) is 2.73. The van der Waals surface area contributed by atoms with Crippen LogP contribution >= 0.6 is 11.3 Å². The van der Waals surface area contributed by atoms with Gasteiger partial charge in [-0.1, -0.05) is 0 Å². The van der Waals surface area contributed by atoms with E-state index < -0.39 is 6.10 Å². The van der Waals surface area contributed by atoms with Gasteiger partial charge in [0.1, 0.15) is 11.1 Å². The number of thiazole rings is 1. The molecule has 1 atom stereocenters. The van der Waals surface area contributed by atoms with Gasteiger partial charge in [-0.05, 0) is 6.92 Å². The maximum Gasteiger partial charge on any atom is 0.192 e. The number of hydrogen-bond donors (Lipinski definition) is 1. The number of aliphatic hydroxyl groups is 1. The van der Waals surface area contributed by atoms with Crippen molar-refractivity contribution in [3.05, 3.63) is 16.1 Å². The first-order valence-corrected chi connectivity index (χ1v) is 3.61. The molecule has 1 heterocycles. The van der Waals surface area contributed by atoms with Gasteiger partial charge in [0.05, 0.1) is 0 Å². The Balaban J connectivity index is 2.87. The summed E-state index contributed by atoms with van der Waals surface area (Å²) in [5.41, 5.74) is 0.842. The van der Waals surface area contributed by atoms with Crippen molar-refractivity contribution in [1.82, 2.24) is 4.98 Å². The molecule has 0 fully saturated rings. The SMILES string of the molecule is Cc1csc(C(O)C#N)n1. The zero-order valence-electron chi connectivity index (χ0n) is 5.40. The quantitative estimate of drug-likeness (QED) is 0.614. The lowest BCUT2D eigenvalue weighted by Crippen LogP contribution is -1.91. The Kier molecular flexibility index (Phi) is 2.00. The number of nitriles is 1. The molecule has 1 N–H and O–H groups in total. The molecule has 0 bridgehead atoms. The van der Waals surface area contributed by atoms with Gasteiger partial charge < -0.3 is 5.11 Å². The van der Waals surface area contributed by atoms with E-state index in [1.165, 1.54) is 11.3 Å². The van der Waals surface area contributed by atoms with Crippen LogP contribution in [0.4, 0.5) is 0 Å². The number of aliphatic hydroxyl groups excluding tert-OH is 1. The summed E-state index contributed by atoms with van der Waals surface area (Å²) in [6, 6.07) is 1.70. The van der Waals surface area contributed by atoms with Crippen LogP contribution in [0.1, 0.15) is 16.8 Å². The number of nitrogens with zero attached hydrogens (tertiary/aromatic N) is 2. The van der Waals surface area contributed by atoms with E-state index in [2.05, 4.69) is 4.98 Å². The summed E-state index contributed by atoms with van der Waals surface area (Å²) in [6.45, 7) is 1.82. The molecule has 0 radical (unpaired) electrons. The van der Waals surface area contributed by atoms with Gasteiger partial charge in [-0.15, -0.1) is 11.3 Å². The molecule has 3 nitrogen and oxygen atoms in total. The molecule has 0 spiro atoms. The molecule has 0 aliphatic carbocycles. The smallest absolute Gasteiger partial charge is 0.192 e. The minimum atomic E-state index is -1.06. The van der Waals surface area contributed by atoms with Crippen LogP contribution in [0.3, 0.4) is 0 Å². The summed E-state index contributed by atoms with van der Waals surface area (Å²) in [5.74, 6) is 0. The summed E-state index contributed by atoms with van der Waals surface area (Å²) in [5, 5.41) is 19.5. The van der Waals surface area contributed by atoms with Crippen LogP contribution < -0.4 is 0 Å². The van der Waals surface area contributed by atoms with Crippen LogP contribution in [-0.4, -0.2) is 10.1 Å². The van der Waals surface area contributed by atoms with Crippen molar-refractivity contribution in [3.63, 3.8) is 0 Å². The van der Waals surface area contributed by atoms with Crippen molar-refractivity contribution in [1.29, 1.82) is 5.26 Å². The van der Waals surface area contributed by atoms with E-state index in [0.717, 1.165) is 5.69 Å². The Bertz CT molecular complexity index is 263. The third-order valence-electron chi connectivity index (χ3n) is 0.993. The van der Waals surface area contributed by atoms with Gasteiger partial charge in [-0.25, -0.2) is 4.98 Å². The zero-order valence-corrected chi connectivity index (χ0v) is 6.22. The van der Waals surface area contributed by atoms with Crippen LogP contribution in [0.25, 0.3) is 0 Å². The van der Waals surface area contributed by atoms with E-state index >= 15 is 0 Å². The van der Waals surface area contributed by atoms with Crippen molar-refractivity contribution in [2.24, 2.45) is 0 Å². The summed E-state index contributed by atoms with van der Waals surface area (Å²) in [4.78, 5) is 3.93. The highest BCUT2D eigenvalue weighted by atomic mass is 32.1. The highest BCUT2D eigenvalue weighted by Gasteiger charge is 2.08. The Hall–Kier alpha value is -0.920. The second-order valence-corrected chi connectivity index (χ2v) is 2.75. The Morgan fingerprint density at radius 1 is 1.90 bits per heavy atom. The van der Waals surface area contributed by atoms with Crippen LogP contribution in [0.2, 0.25) is 0 Å². The van der Waals surface area contributed by atoms with Crippen molar-refractivity contribution in [2.75, 3.05) is 0 Å². The number of aromatic nitrogens is 1. The van der Waals surface area contributed by atoms with Gasteiger partial charge in [0, 0.05) is 11.1 Å².